The van der Waals surface area contributed by atoms with Gasteiger partial charge in [0, 0.05) is 45.2 Å². The van der Waals surface area contributed by atoms with Crippen molar-refractivity contribution < 1.29 is 4.79 Å². The van der Waals surface area contributed by atoms with Crippen LogP contribution in [0.5, 0.6) is 0 Å². The van der Waals surface area contributed by atoms with Crippen LogP contribution in [0.2, 0.25) is 0 Å². The van der Waals surface area contributed by atoms with Crippen molar-refractivity contribution in [3.8, 4) is 0 Å². The number of carbonyl (C=O) groups is 1. The summed E-state index contributed by atoms with van der Waals surface area (Å²) in [6.45, 7) is 9.73. The second-order valence-corrected chi connectivity index (χ2v) is 9.00. The molecule has 31 heavy (non-hydrogen) atoms. The molecule has 2 heterocycles. The molecular weight excluding hydrogens is 501 g/mol. The van der Waals surface area contributed by atoms with E-state index in [0.717, 1.165) is 38.6 Å². The SMILES string of the molecule is CN=C(NCc1cccc(CN2CCCCCC2)c1)NC1CCN(C(=O)C(C)C)C1.I. The molecule has 2 aliphatic heterocycles. The number of amides is 1. The Balaban J connectivity index is 0.00000341. The Morgan fingerprint density at radius 3 is 2.52 bits per heavy atom. The lowest BCUT2D eigenvalue weighted by molar-refractivity contribution is -0.133. The Kier molecular flexibility index (Phi) is 11.1. The fourth-order valence-corrected chi connectivity index (χ4v) is 4.41. The van der Waals surface area contributed by atoms with Gasteiger partial charge in [0.25, 0.3) is 0 Å². The molecular formula is C24H40IN5O. The molecule has 0 bridgehead atoms. The van der Waals surface area contributed by atoms with Crippen LogP contribution in [-0.2, 0) is 17.9 Å². The van der Waals surface area contributed by atoms with Gasteiger partial charge >= 0.3 is 0 Å². The van der Waals surface area contributed by atoms with E-state index in [1.807, 2.05) is 18.7 Å². The minimum absolute atomic E-state index is 0. The van der Waals surface area contributed by atoms with Gasteiger partial charge in [-0.1, -0.05) is 51.0 Å². The van der Waals surface area contributed by atoms with E-state index in [9.17, 15) is 4.79 Å². The van der Waals surface area contributed by atoms with Crippen LogP contribution in [0.1, 0.15) is 57.1 Å². The van der Waals surface area contributed by atoms with E-state index in [1.165, 1.54) is 49.9 Å². The fraction of sp³-hybridized carbons (Fsp3) is 0.667. The first-order valence-electron chi connectivity index (χ1n) is 11.6. The summed E-state index contributed by atoms with van der Waals surface area (Å²) >= 11 is 0. The van der Waals surface area contributed by atoms with E-state index >= 15 is 0 Å². The molecule has 1 unspecified atom stereocenters. The number of likely N-dealkylation sites (tertiary alicyclic amines) is 2. The second kappa shape index (κ2) is 13.3. The largest absolute Gasteiger partial charge is 0.352 e. The number of hydrogen-bond acceptors (Lipinski definition) is 3. The van der Waals surface area contributed by atoms with Crippen LogP contribution in [0.3, 0.4) is 0 Å². The molecule has 2 saturated heterocycles. The third-order valence-corrected chi connectivity index (χ3v) is 6.11. The fourth-order valence-electron chi connectivity index (χ4n) is 4.41. The van der Waals surface area contributed by atoms with Gasteiger partial charge in [0.15, 0.2) is 5.96 Å². The smallest absolute Gasteiger partial charge is 0.225 e. The van der Waals surface area contributed by atoms with Crippen LogP contribution < -0.4 is 10.6 Å². The number of guanidine groups is 1. The third-order valence-electron chi connectivity index (χ3n) is 6.11. The minimum Gasteiger partial charge on any atom is -0.352 e. The molecule has 0 aromatic heterocycles. The second-order valence-electron chi connectivity index (χ2n) is 9.00. The summed E-state index contributed by atoms with van der Waals surface area (Å²) in [6, 6.07) is 9.13. The van der Waals surface area contributed by atoms with Crippen LogP contribution in [-0.4, -0.2) is 60.9 Å². The highest BCUT2D eigenvalue weighted by Crippen LogP contribution is 2.15. The van der Waals surface area contributed by atoms with Gasteiger partial charge in [-0.2, -0.15) is 0 Å². The van der Waals surface area contributed by atoms with Crippen LogP contribution >= 0.6 is 24.0 Å². The number of carbonyl (C=O) groups excluding carboxylic acids is 1. The van der Waals surface area contributed by atoms with Crippen LogP contribution in [0, 0.1) is 5.92 Å². The molecule has 0 aliphatic carbocycles. The molecule has 1 amide bonds. The molecule has 0 spiro atoms. The zero-order valence-electron chi connectivity index (χ0n) is 19.4. The topological polar surface area (TPSA) is 60.0 Å². The highest BCUT2D eigenvalue weighted by Gasteiger charge is 2.27. The number of rotatable bonds is 6. The molecule has 7 heteroatoms. The molecule has 1 aromatic carbocycles. The summed E-state index contributed by atoms with van der Waals surface area (Å²) in [7, 11) is 1.80. The Labute approximate surface area is 205 Å². The van der Waals surface area contributed by atoms with Crippen molar-refractivity contribution in [3.63, 3.8) is 0 Å². The highest BCUT2D eigenvalue weighted by atomic mass is 127. The number of halogens is 1. The van der Waals surface area contributed by atoms with Crippen molar-refractivity contribution in [1.29, 1.82) is 0 Å². The van der Waals surface area contributed by atoms with Crippen molar-refractivity contribution >= 4 is 35.8 Å². The van der Waals surface area contributed by atoms with Crippen molar-refractivity contribution in [3.05, 3.63) is 35.4 Å². The number of nitrogens with zero attached hydrogens (tertiary/aromatic N) is 3. The lowest BCUT2D eigenvalue weighted by atomic mass is 10.1. The predicted octanol–water partition coefficient (Wildman–Crippen LogP) is 3.60. The van der Waals surface area contributed by atoms with E-state index in [-0.39, 0.29) is 41.8 Å². The zero-order chi connectivity index (χ0) is 21.3. The molecule has 2 N–H and O–H groups in total. The monoisotopic (exact) mass is 541 g/mol. The summed E-state index contributed by atoms with van der Waals surface area (Å²) < 4.78 is 0. The van der Waals surface area contributed by atoms with E-state index in [1.54, 1.807) is 7.05 Å². The molecule has 174 valence electrons. The van der Waals surface area contributed by atoms with Gasteiger partial charge in [-0.3, -0.25) is 14.7 Å². The molecule has 1 atom stereocenters. The first kappa shape index (κ1) is 25.9. The lowest BCUT2D eigenvalue weighted by Crippen LogP contribution is -2.45. The van der Waals surface area contributed by atoms with Crippen molar-refractivity contribution in [2.24, 2.45) is 10.9 Å². The van der Waals surface area contributed by atoms with Gasteiger partial charge in [0.1, 0.15) is 0 Å². The van der Waals surface area contributed by atoms with E-state index in [2.05, 4.69) is 44.8 Å². The third kappa shape index (κ3) is 8.25. The molecule has 6 nitrogen and oxygen atoms in total. The Morgan fingerprint density at radius 2 is 1.84 bits per heavy atom. The van der Waals surface area contributed by atoms with Crippen LogP contribution in [0.15, 0.2) is 29.3 Å². The van der Waals surface area contributed by atoms with E-state index in [0.29, 0.717) is 0 Å². The van der Waals surface area contributed by atoms with Crippen LogP contribution in [0.25, 0.3) is 0 Å². The maximum Gasteiger partial charge on any atom is 0.225 e. The highest BCUT2D eigenvalue weighted by molar-refractivity contribution is 14.0. The number of benzene rings is 1. The normalized spacial score (nSPS) is 20.3. The maximum absolute atomic E-state index is 12.2. The van der Waals surface area contributed by atoms with Gasteiger partial charge in [0.2, 0.25) is 5.91 Å². The summed E-state index contributed by atoms with van der Waals surface area (Å²) in [4.78, 5) is 21.1. The number of nitrogens with one attached hydrogen (secondary N) is 2. The standard InChI is InChI=1S/C24H39N5O.HI/c1-19(2)23(30)29-14-11-22(18-29)27-24(25-3)26-16-20-9-8-10-21(15-20)17-28-12-6-4-5-7-13-28;/h8-10,15,19,22H,4-7,11-14,16-18H2,1-3H3,(H2,25,26,27);1H. The average Bonchev–Trinajstić information content (AvgIpc) is 3.06. The molecule has 2 fully saturated rings. The Bertz CT molecular complexity index is 716. The summed E-state index contributed by atoms with van der Waals surface area (Å²) in [5.74, 6) is 1.10. The van der Waals surface area contributed by atoms with Gasteiger partial charge < -0.3 is 15.5 Å². The molecule has 2 aliphatic rings. The first-order valence-corrected chi connectivity index (χ1v) is 11.6. The summed E-state index contributed by atoms with van der Waals surface area (Å²) in [5, 5.41) is 6.93. The average molecular weight is 542 g/mol. The van der Waals surface area contributed by atoms with E-state index < -0.39 is 0 Å². The zero-order valence-corrected chi connectivity index (χ0v) is 21.7. The molecule has 0 radical (unpaired) electrons. The Morgan fingerprint density at radius 1 is 1.13 bits per heavy atom. The maximum atomic E-state index is 12.2. The quantitative estimate of drug-likeness (QED) is 0.329. The van der Waals surface area contributed by atoms with Crippen molar-refractivity contribution in [2.75, 3.05) is 33.2 Å². The Hall–Kier alpha value is -1.35. The van der Waals surface area contributed by atoms with Crippen molar-refractivity contribution in [2.45, 2.75) is 65.1 Å². The van der Waals surface area contributed by atoms with Crippen molar-refractivity contribution in [1.82, 2.24) is 20.4 Å². The summed E-state index contributed by atoms with van der Waals surface area (Å²) in [6.07, 6.45) is 6.35. The van der Waals surface area contributed by atoms with Gasteiger partial charge in [-0.15, -0.1) is 24.0 Å². The molecule has 1 aromatic rings. The van der Waals surface area contributed by atoms with Gasteiger partial charge in [-0.25, -0.2) is 0 Å². The minimum atomic E-state index is 0. The predicted molar refractivity (Wildman–Crippen MR) is 139 cm³/mol. The molecule has 3 rings (SSSR count). The van der Waals surface area contributed by atoms with Gasteiger partial charge in [-0.05, 0) is 43.5 Å². The molecule has 0 saturated carbocycles. The van der Waals surface area contributed by atoms with E-state index in [4.69, 9.17) is 0 Å². The summed E-state index contributed by atoms with van der Waals surface area (Å²) in [5.41, 5.74) is 2.66. The first-order chi connectivity index (χ1) is 14.5. The number of aliphatic imine (C=N–C) groups is 1. The van der Waals surface area contributed by atoms with Crippen LogP contribution in [0.4, 0.5) is 0 Å². The number of hydrogen-bond donors (Lipinski definition) is 2. The lowest BCUT2D eigenvalue weighted by Gasteiger charge is -2.21. The van der Waals surface area contributed by atoms with Gasteiger partial charge in [0.05, 0.1) is 0 Å².